The molecule has 0 aromatic heterocycles. The summed E-state index contributed by atoms with van der Waals surface area (Å²) in [6.45, 7) is 19.8. The van der Waals surface area contributed by atoms with Gasteiger partial charge in [0.2, 0.25) is 0 Å². The minimum absolute atomic E-state index is 0.187. The maximum absolute atomic E-state index is 12.8. The number of ketones is 1. The highest BCUT2D eigenvalue weighted by Gasteiger charge is 2.65. The van der Waals surface area contributed by atoms with E-state index >= 15 is 0 Å². The Balaban J connectivity index is 1.62. The van der Waals surface area contributed by atoms with Crippen LogP contribution >= 0.6 is 0 Å². The maximum atomic E-state index is 12.8. The van der Waals surface area contributed by atoms with Crippen LogP contribution in [0, 0.1) is 45.3 Å². The molecular weight excluding hydrogens is 408 g/mol. The molecule has 0 aliphatic heterocycles. The van der Waals surface area contributed by atoms with Gasteiger partial charge in [-0.3, -0.25) is 4.79 Å². The Bertz CT molecular complexity index is 855. The molecule has 3 nitrogen and oxygen atoms in total. The number of aliphatic hydroxyl groups is 2. The van der Waals surface area contributed by atoms with Crippen LogP contribution in [0.3, 0.4) is 0 Å². The molecule has 33 heavy (non-hydrogen) atoms. The molecule has 0 radical (unpaired) electrons. The molecule has 9 atom stereocenters. The van der Waals surface area contributed by atoms with Crippen LogP contribution in [0.15, 0.2) is 23.8 Å². The summed E-state index contributed by atoms with van der Waals surface area (Å²) in [7, 11) is 0. The van der Waals surface area contributed by atoms with E-state index in [-0.39, 0.29) is 21.7 Å². The maximum Gasteiger partial charge on any atom is 0.138 e. The Morgan fingerprint density at radius 3 is 2.42 bits per heavy atom. The smallest absolute Gasteiger partial charge is 0.138 e. The largest absolute Gasteiger partial charge is 0.390 e. The highest BCUT2D eigenvalue weighted by atomic mass is 16.3. The molecular formula is C30H48O3. The Morgan fingerprint density at radius 1 is 1.12 bits per heavy atom. The fourth-order valence-electron chi connectivity index (χ4n) is 9.47. The SMILES string of the molecule is C=C(C)C(O)C(O)CC(C)C1CCC2(C)C3=CCC4C(C)(C)C(=O)CCC4(C)C3CCC12C. The topological polar surface area (TPSA) is 57.5 Å². The summed E-state index contributed by atoms with van der Waals surface area (Å²) < 4.78 is 0. The monoisotopic (exact) mass is 456 g/mol. The van der Waals surface area contributed by atoms with Gasteiger partial charge in [0.05, 0.1) is 6.10 Å². The Hall–Kier alpha value is -0.930. The van der Waals surface area contributed by atoms with Crippen molar-refractivity contribution in [3.8, 4) is 0 Å². The van der Waals surface area contributed by atoms with Gasteiger partial charge in [-0.1, -0.05) is 59.8 Å². The van der Waals surface area contributed by atoms with E-state index in [2.05, 4.69) is 54.2 Å². The summed E-state index contributed by atoms with van der Waals surface area (Å²) in [5, 5.41) is 20.9. The molecule has 4 rings (SSSR count). The number of fused-ring (bicyclic) bond motifs is 5. The molecule has 0 bridgehead atoms. The average Bonchev–Trinajstić information content (AvgIpc) is 3.02. The molecule has 9 unspecified atom stereocenters. The lowest BCUT2D eigenvalue weighted by molar-refractivity contribution is -0.146. The van der Waals surface area contributed by atoms with Gasteiger partial charge in [0.1, 0.15) is 11.9 Å². The second-order valence-electron chi connectivity index (χ2n) is 13.7. The van der Waals surface area contributed by atoms with Gasteiger partial charge in [0.25, 0.3) is 0 Å². The minimum Gasteiger partial charge on any atom is -0.390 e. The van der Waals surface area contributed by atoms with E-state index in [0.29, 0.717) is 41.4 Å². The first-order chi connectivity index (χ1) is 15.2. The molecule has 0 heterocycles. The van der Waals surface area contributed by atoms with Crippen LogP contribution in [0.2, 0.25) is 0 Å². The van der Waals surface area contributed by atoms with Crippen LogP contribution in [0.4, 0.5) is 0 Å². The van der Waals surface area contributed by atoms with Gasteiger partial charge in [-0.05, 0) is 97.4 Å². The molecule has 4 aliphatic rings. The number of hydrogen-bond donors (Lipinski definition) is 2. The Morgan fingerprint density at radius 2 is 1.79 bits per heavy atom. The van der Waals surface area contributed by atoms with Gasteiger partial charge in [-0.25, -0.2) is 0 Å². The van der Waals surface area contributed by atoms with Crippen molar-refractivity contribution in [3.63, 3.8) is 0 Å². The molecule has 186 valence electrons. The third kappa shape index (κ3) is 3.46. The lowest BCUT2D eigenvalue weighted by Crippen LogP contribution is -2.57. The third-order valence-electron chi connectivity index (χ3n) is 11.8. The van der Waals surface area contributed by atoms with Crippen molar-refractivity contribution in [2.24, 2.45) is 45.3 Å². The highest BCUT2D eigenvalue weighted by molar-refractivity contribution is 5.85. The minimum atomic E-state index is -0.834. The summed E-state index contributed by atoms with van der Waals surface area (Å²) in [5.74, 6) is 2.40. The zero-order chi connectivity index (χ0) is 24.6. The fourth-order valence-corrected chi connectivity index (χ4v) is 9.47. The number of rotatable bonds is 5. The molecule has 0 aromatic carbocycles. The van der Waals surface area contributed by atoms with Crippen LogP contribution in [0.5, 0.6) is 0 Å². The lowest BCUT2D eigenvalue weighted by Gasteiger charge is -2.63. The standard InChI is InChI=1S/C30H48O3/c1-18(2)26(33)23(31)17-19(3)20-11-15-30(8)22-9-10-24-27(4,5)25(32)13-14-28(24,6)21(22)12-16-29(20,30)7/h9,19-21,23-24,26,31,33H,1,10-17H2,2-8H3. The molecule has 3 heteroatoms. The van der Waals surface area contributed by atoms with E-state index in [0.717, 1.165) is 19.3 Å². The lowest BCUT2D eigenvalue weighted by atomic mass is 9.41. The summed E-state index contributed by atoms with van der Waals surface area (Å²) in [6, 6.07) is 0. The normalized spacial score (nSPS) is 44.7. The van der Waals surface area contributed by atoms with Crippen LogP contribution in [-0.4, -0.2) is 28.2 Å². The van der Waals surface area contributed by atoms with Gasteiger partial charge in [-0.2, -0.15) is 0 Å². The number of Topliss-reactive ketones (excluding diaryl/α,β-unsaturated/α-hetero) is 1. The van der Waals surface area contributed by atoms with Gasteiger partial charge in [-0.15, -0.1) is 0 Å². The van der Waals surface area contributed by atoms with E-state index in [9.17, 15) is 15.0 Å². The van der Waals surface area contributed by atoms with Crippen molar-refractivity contribution < 1.29 is 15.0 Å². The number of carbonyl (C=O) groups is 1. The first kappa shape index (κ1) is 25.2. The van der Waals surface area contributed by atoms with E-state index < -0.39 is 12.2 Å². The highest BCUT2D eigenvalue weighted by Crippen LogP contribution is 2.73. The molecule has 0 amide bonds. The number of hydrogen-bond acceptors (Lipinski definition) is 3. The molecule has 3 fully saturated rings. The van der Waals surface area contributed by atoms with Crippen molar-refractivity contribution in [2.45, 2.75) is 112 Å². The number of carbonyl (C=O) groups excluding carboxylic acids is 1. The second-order valence-corrected chi connectivity index (χ2v) is 13.7. The van der Waals surface area contributed by atoms with Crippen LogP contribution in [0.1, 0.15) is 99.8 Å². The van der Waals surface area contributed by atoms with Crippen LogP contribution < -0.4 is 0 Å². The van der Waals surface area contributed by atoms with Gasteiger partial charge >= 0.3 is 0 Å². The fraction of sp³-hybridized carbons (Fsp3) is 0.833. The van der Waals surface area contributed by atoms with Gasteiger partial charge < -0.3 is 10.2 Å². The van der Waals surface area contributed by atoms with Crippen molar-refractivity contribution >= 4 is 5.78 Å². The molecule has 2 N–H and O–H groups in total. The van der Waals surface area contributed by atoms with Crippen LogP contribution in [-0.2, 0) is 4.79 Å². The number of aliphatic hydroxyl groups excluding tert-OH is 2. The molecule has 0 saturated heterocycles. The first-order valence-electron chi connectivity index (χ1n) is 13.5. The van der Waals surface area contributed by atoms with Crippen molar-refractivity contribution in [2.75, 3.05) is 0 Å². The van der Waals surface area contributed by atoms with Gasteiger partial charge in [0, 0.05) is 11.8 Å². The second kappa shape index (κ2) is 8.05. The predicted octanol–water partition coefficient (Wildman–Crippen LogP) is 6.48. The zero-order valence-corrected chi connectivity index (χ0v) is 22.2. The molecule has 3 saturated carbocycles. The average molecular weight is 457 g/mol. The van der Waals surface area contributed by atoms with Crippen molar-refractivity contribution in [1.29, 1.82) is 0 Å². The molecule has 4 aliphatic carbocycles. The number of allylic oxidation sites excluding steroid dienone is 2. The van der Waals surface area contributed by atoms with Crippen molar-refractivity contribution in [3.05, 3.63) is 23.8 Å². The van der Waals surface area contributed by atoms with E-state index in [1.54, 1.807) is 12.5 Å². The predicted molar refractivity (Wildman–Crippen MR) is 135 cm³/mol. The zero-order valence-electron chi connectivity index (χ0n) is 22.2. The first-order valence-corrected chi connectivity index (χ1v) is 13.5. The Labute approximate surface area is 202 Å². The van der Waals surface area contributed by atoms with E-state index in [4.69, 9.17) is 0 Å². The van der Waals surface area contributed by atoms with E-state index in [1.807, 2.05) is 0 Å². The van der Waals surface area contributed by atoms with E-state index in [1.165, 1.54) is 25.7 Å². The summed E-state index contributed by atoms with van der Waals surface area (Å²) in [4.78, 5) is 12.8. The summed E-state index contributed by atoms with van der Waals surface area (Å²) >= 11 is 0. The van der Waals surface area contributed by atoms with Crippen molar-refractivity contribution in [1.82, 2.24) is 0 Å². The van der Waals surface area contributed by atoms with Crippen LogP contribution in [0.25, 0.3) is 0 Å². The summed E-state index contributed by atoms with van der Waals surface area (Å²) in [5.41, 5.74) is 2.73. The van der Waals surface area contributed by atoms with Gasteiger partial charge in [0.15, 0.2) is 0 Å². The molecule has 0 aromatic rings. The summed E-state index contributed by atoms with van der Waals surface area (Å²) in [6.07, 6.45) is 9.28. The quantitative estimate of drug-likeness (QED) is 0.465. The third-order valence-corrected chi connectivity index (χ3v) is 11.8. The Kier molecular flexibility index (Phi) is 6.14. The molecule has 0 spiro atoms.